The predicted molar refractivity (Wildman–Crippen MR) is 80.2 cm³/mol. The van der Waals surface area contributed by atoms with Crippen LogP contribution in [0.4, 0.5) is 0 Å². The summed E-state index contributed by atoms with van der Waals surface area (Å²) in [6.07, 6.45) is 2.96. The highest BCUT2D eigenvalue weighted by atomic mass is 16.5. The van der Waals surface area contributed by atoms with E-state index in [1.807, 2.05) is 11.6 Å². The van der Waals surface area contributed by atoms with E-state index in [2.05, 4.69) is 34.2 Å². The quantitative estimate of drug-likeness (QED) is 0.866. The highest BCUT2D eigenvalue weighted by Gasteiger charge is 2.36. The summed E-state index contributed by atoms with van der Waals surface area (Å²) in [5.74, 6) is 4.51. The fourth-order valence-electron chi connectivity index (χ4n) is 3.20. The van der Waals surface area contributed by atoms with E-state index in [1.165, 1.54) is 6.42 Å². The topological polar surface area (TPSA) is 56.3 Å². The van der Waals surface area contributed by atoms with Crippen LogP contribution in [-0.2, 0) is 18.3 Å². The van der Waals surface area contributed by atoms with Gasteiger partial charge in [0.1, 0.15) is 24.0 Å². The average molecular weight is 302 g/mol. The van der Waals surface area contributed by atoms with Crippen molar-refractivity contribution in [1.29, 1.82) is 0 Å². The van der Waals surface area contributed by atoms with Gasteiger partial charge in [0.2, 0.25) is 0 Å². The monoisotopic (exact) mass is 302 g/mol. The van der Waals surface area contributed by atoms with Crippen molar-refractivity contribution in [2.75, 3.05) is 19.7 Å². The van der Waals surface area contributed by atoms with Crippen molar-refractivity contribution in [3.63, 3.8) is 0 Å². The second-order valence-corrected chi connectivity index (χ2v) is 6.52. The summed E-state index contributed by atoms with van der Waals surface area (Å²) in [6.45, 7) is 5.57. The molecular weight excluding hydrogens is 280 g/mol. The number of rotatable bonds is 4. The number of nitrogens with zero attached hydrogens (tertiary/aromatic N) is 4. The maximum absolute atomic E-state index is 6.01. The lowest BCUT2D eigenvalue weighted by atomic mass is 10.2. The molecule has 3 heterocycles. The van der Waals surface area contributed by atoms with E-state index in [9.17, 15) is 0 Å². The number of furan rings is 1. The molecule has 1 saturated heterocycles. The predicted octanol–water partition coefficient (Wildman–Crippen LogP) is 2.10. The van der Waals surface area contributed by atoms with E-state index in [1.54, 1.807) is 6.33 Å². The van der Waals surface area contributed by atoms with Gasteiger partial charge in [-0.25, -0.2) is 0 Å². The lowest BCUT2D eigenvalue weighted by Crippen LogP contribution is -2.38. The minimum absolute atomic E-state index is 0.0147. The molecule has 0 bridgehead atoms. The molecule has 1 aliphatic carbocycles. The van der Waals surface area contributed by atoms with E-state index >= 15 is 0 Å². The number of morpholine rings is 1. The molecule has 0 amide bonds. The summed E-state index contributed by atoms with van der Waals surface area (Å²) in [5, 5.41) is 8.10. The van der Waals surface area contributed by atoms with Crippen LogP contribution in [0.5, 0.6) is 0 Å². The SMILES string of the molecule is C[C@@H]1C[C@H]1c1ccc(CN2CCO[C@H](c3nncn3C)C2)o1. The molecule has 2 aliphatic rings. The van der Waals surface area contributed by atoms with Crippen LogP contribution in [0, 0.1) is 5.92 Å². The molecule has 2 aromatic heterocycles. The number of ether oxygens (including phenoxy) is 1. The molecule has 2 aromatic rings. The Bertz CT molecular complexity index is 650. The zero-order valence-electron chi connectivity index (χ0n) is 13.1. The molecule has 22 heavy (non-hydrogen) atoms. The van der Waals surface area contributed by atoms with E-state index in [0.717, 1.165) is 42.9 Å². The molecule has 0 spiro atoms. The van der Waals surface area contributed by atoms with Crippen LogP contribution in [0.3, 0.4) is 0 Å². The summed E-state index contributed by atoms with van der Waals surface area (Å²) >= 11 is 0. The number of hydrogen-bond acceptors (Lipinski definition) is 5. The molecule has 6 nitrogen and oxygen atoms in total. The Morgan fingerprint density at radius 1 is 1.36 bits per heavy atom. The minimum atomic E-state index is -0.0147. The fourth-order valence-corrected chi connectivity index (χ4v) is 3.20. The Balaban J connectivity index is 1.40. The molecule has 118 valence electrons. The van der Waals surface area contributed by atoms with Gasteiger partial charge in [0.05, 0.1) is 13.2 Å². The normalized spacial score (nSPS) is 28.9. The van der Waals surface area contributed by atoms with Gasteiger partial charge in [0.25, 0.3) is 0 Å². The van der Waals surface area contributed by atoms with E-state index in [0.29, 0.717) is 12.5 Å². The van der Waals surface area contributed by atoms with Crippen molar-refractivity contribution < 1.29 is 9.15 Å². The Labute approximate surface area is 130 Å². The summed E-state index contributed by atoms with van der Waals surface area (Å²) in [6, 6.07) is 4.26. The van der Waals surface area contributed by atoms with Crippen LogP contribution in [0.25, 0.3) is 0 Å². The molecule has 4 rings (SSSR count). The number of hydrogen-bond donors (Lipinski definition) is 0. The molecule has 0 radical (unpaired) electrons. The van der Waals surface area contributed by atoms with Crippen LogP contribution in [0.2, 0.25) is 0 Å². The van der Waals surface area contributed by atoms with Gasteiger partial charge < -0.3 is 13.7 Å². The Morgan fingerprint density at radius 3 is 2.95 bits per heavy atom. The van der Waals surface area contributed by atoms with Crippen molar-refractivity contribution in [3.8, 4) is 0 Å². The van der Waals surface area contributed by atoms with E-state index in [-0.39, 0.29) is 6.10 Å². The van der Waals surface area contributed by atoms with Crippen LogP contribution in [-0.4, -0.2) is 39.4 Å². The third kappa shape index (κ3) is 2.68. The first-order chi connectivity index (χ1) is 10.7. The molecule has 1 saturated carbocycles. The number of aromatic nitrogens is 3. The molecular formula is C16H22N4O2. The Morgan fingerprint density at radius 2 is 2.23 bits per heavy atom. The second-order valence-electron chi connectivity index (χ2n) is 6.52. The van der Waals surface area contributed by atoms with Gasteiger partial charge in [-0.2, -0.15) is 0 Å². The third-order valence-corrected chi connectivity index (χ3v) is 4.72. The van der Waals surface area contributed by atoms with Crippen molar-refractivity contribution in [3.05, 3.63) is 35.8 Å². The largest absolute Gasteiger partial charge is 0.464 e. The first-order valence-corrected chi connectivity index (χ1v) is 7.97. The second kappa shape index (κ2) is 5.52. The standard InChI is InChI=1S/C16H22N4O2/c1-11-7-13(11)14-4-3-12(22-14)8-20-5-6-21-15(9-20)16-18-17-10-19(16)2/h3-4,10-11,13,15H,5-9H2,1-2H3/t11-,13-,15+/m1/s1. The van der Waals surface area contributed by atoms with E-state index < -0.39 is 0 Å². The maximum atomic E-state index is 6.01. The average Bonchev–Trinajstić information content (AvgIpc) is 2.89. The Kier molecular flexibility index (Phi) is 3.50. The van der Waals surface area contributed by atoms with Gasteiger partial charge in [-0.15, -0.1) is 10.2 Å². The smallest absolute Gasteiger partial charge is 0.163 e. The van der Waals surface area contributed by atoms with Gasteiger partial charge in [-0.05, 0) is 24.5 Å². The highest BCUT2D eigenvalue weighted by Crippen LogP contribution is 2.47. The molecule has 6 heteroatoms. The van der Waals surface area contributed by atoms with Gasteiger partial charge in [0, 0.05) is 26.1 Å². The van der Waals surface area contributed by atoms with E-state index in [4.69, 9.17) is 9.15 Å². The highest BCUT2D eigenvalue weighted by molar-refractivity contribution is 5.17. The molecule has 2 fully saturated rings. The van der Waals surface area contributed by atoms with Crippen molar-refractivity contribution in [1.82, 2.24) is 19.7 Å². The summed E-state index contributed by atoms with van der Waals surface area (Å²) in [5.41, 5.74) is 0. The summed E-state index contributed by atoms with van der Waals surface area (Å²) in [4.78, 5) is 2.36. The fraction of sp³-hybridized carbons (Fsp3) is 0.625. The lowest BCUT2D eigenvalue weighted by molar-refractivity contribution is -0.0403. The van der Waals surface area contributed by atoms with Gasteiger partial charge >= 0.3 is 0 Å². The first kappa shape index (κ1) is 14.0. The lowest BCUT2D eigenvalue weighted by Gasteiger charge is -2.31. The summed E-state index contributed by atoms with van der Waals surface area (Å²) in [7, 11) is 1.95. The molecule has 0 unspecified atom stereocenters. The number of aryl methyl sites for hydroxylation is 1. The van der Waals surface area contributed by atoms with Crippen molar-refractivity contribution in [2.24, 2.45) is 13.0 Å². The Hall–Kier alpha value is -1.66. The zero-order chi connectivity index (χ0) is 15.1. The minimum Gasteiger partial charge on any atom is -0.464 e. The van der Waals surface area contributed by atoms with Crippen LogP contribution >= 0.6 is 0 Å². The van der Waals surface area contributed by atoms with Gasteiger partial charge in [-0.1, -0.05) is 6.92 Å². The zero-order valence-corrected chi connectivity index (χ0v) is 13.1. The molecule has 0 N–H and O–H groups in total. The summed E-state index contributed by atoms with van der Waals surface area (Å²) < 4.78 is 13.8. The van der Waals surface area contributed by atoms with Crippen LogP contribution in [0.15, 0.2) is 22.9 Å². The van der Waals surface area contributed by atoms with Crippen molar-refractivity contribution in [2.45, 2.75) is 31.9 Å². The third-order valence-electron chi connectivity index (χ3n) is 4.72. The maximum Gasteiger partial charge on any atom is 0.163 e. The van der Waals surface area contributed by atoms with Gasteiger partial charge in [-0.3, -0.25) is 4.90 Å². The van der Waals surface area contributed by atoms with Crippen LogP contribution in [0.1, 0.15) is 42.7 Å². The van der Waals surface area contributed by atoms with Crippen molar-refractivity contribution >= 4 is 0 Å². The van der Waals surface area contributed by atoms with Crippen LogP contribution < -0.4 is 0 Å². The molecule has 0 aromatic carbocycles. The first-order valence-electron chi connectivity index (χ1n) is 7.97. The van der Waals surface area contributed by atoms with Gasteiger partial charge in [0.15, 0.2) is 5.82 Å². The molecule has 1 aliphatic heterocycles. The molecule has 3 atom stereocenters.